The summed E-state index contributed by atoms with van der Waals surface area (Å²) in [5.74, 6) is 0.00732. The lowest BCUT2D eigenvalue weighted by molar-refractivity contribution is -0.167. The molecule has 0 aromatic rings. The van der Waals surface area contributed by atoms with Crippen LogP contribution in [-0.4, -0.2) is 37.2 Å². The van der Waals surface area contributed by atoms with Crippen LogP contribution in [0.2, 0.25) is 0 Å². The molecule has 0 aliphatic rings. The summed E-state index contributed by atoms with van der Waals surface area (Å²) in [4.78, 5) is 38.1. The van der Waals surface area contributed by atoms with E-state index in [0.717, 1.165) is 63.7 Å². The van der Waals surface area contributed by atoms with Gasteiger partial charge >= 0.3 is 17.9 Å². The highest BCUT2D eigenvalue weighted by Crippen LogP contribution is 2.18. The summed E-state index contributed by atoms with van der Waals surface area (Å²) in [5.41, 5.74) is 0. The maximum atomic E-state index is 12.8. The molecule has 0 aliphatic carbocycles. The van der Waals surface area contributed by atoms with E-state index >= 15 is 0 Å². The fourth-order valence-corrected chi connectivity index (χ4v) is 8.75. The molecule has 6 nitrogen and oxygen atoms in total. The number of ether oxygens (including phenoxy) is 3. The van der Waals surface area contributed by atoms with E-state index in [0.29, 0.717) is 19.3 Å². The highest BCUT2D eigenvalue weighted by atomic mass is 16.6. The van der Waals surface area contributed by atoms with Crippen LogP contribution in [0.25, 0.3) is 0 Å². The number of carbonyl (C=O) groups excluding carboxylic acids is 3. The fourth-order valence-electron chi connectivity index (χ4n) is 8.75. The van der Waals surface area contributed by atoms with Crippen LogP contribution in [0.4, 0.5) is 0 Å². The van der Waals surface area contributed by atoms with Gasteiger partial charge in [0.05, 0.1) is 0 Å². The van der Waals surface area contributed by atoms with Crippen LogP contribution < -0.4 is 0 Å². The van der Waals surface area contributed by atoms with Crippen molar-refractivity contribution in [2.75, 3.05) is 13.2 Å². The second-order valence-electron chi connectivity index (χ2n) is 20.1. The summed E-state index contributed by atoms with van der Waals surface area (Å²) in [6.45, 7) is 9.05. The van der Waals surface area contributed by atoms with Crippen molar-refractivity contribution in [1.82, 2.24) is 0 Å². The zero-order chi connectivity index (χ0) is 45.9. The van der Waals surface area contributed by atoms with Gasteiger partial charge in [-0.15, -0.1) is 0 Å². The molecule has 0 saturated heterocycles. The molecule has 0 saturated carbocycles. The van der Waals surface area contributed by atoms with E-state index in [1.165, 1.54) is 218 Å². The Bertz CT molecular complexity index is 949. The number of carbonyl (C=O) groups is 3. The second-order valence-corrected chi connectivity index (χ2v) is 20.1. The molecular weight excluding hydrogens is 781 g/mol. The van der Waals surface area contributed by atoms with Gasteiger partial charge in [0.15, 0.2) is 6.10 Å². The van der Waals surface area contributed by atoms with Crippen molar-refractivity contribution in [3.8, 4) is 0 Å². The average Bonchev–Trinajstić information content (AvgIpc) is 3.27. The maximum Gasteiger partial charge on any atom is 0.306 e. The molecule has 0 N–H and O–H groups in total. The van der Waals surface area contributed by atoms with E-state index in [1.807, 2.05) is 0 Å². The standard InChI is InChI=1S/C57H110O6/c1-5-7-9-11-13-15-17-18-19-20-21-26-30-34-38-42-46-50-57(60)63-54(51-61-55(58)48-44-40-36-32-27-16-14-12-10-8-6-2)52-62-56(59)49-45-41-37-33-29-25-23-22-24-28-31-35-39-43-47-53(3)4/h53-54H,5-52H2,1-4H3/t54-/m0/s1. The minimum absolute atomic E-state index is 0.0620. The van der Waals surface area contributed by atoms with Gasteiger partial charge in [0.2, 0.25) is 0 Å². The van der Waals surface area contributed by atoms with Crippen LogP contribution >= 0.6 is 0 Å². The van der Waals surface area contributed by atoms with Crippen LogP contribution in [0, 0.1) is 5.92 Å². The van der Waals surface area contributed by atoms with Crippen LogP contribution in [0.15, 0.2) is 0 Å². The molecule has 63 heavy (non-hydrogen) atoms. The third-order valence-electron chi connectivity index (χ3n) is 13.0. The van der Waals surface area contributed by atoms with Crippen molar-refractivity contribution >= 4 is 17.9 Å². The zero-order valence-corrected chi connectivity index (χ0v) is 43.0. The first-order valence-corrected chi connectivity index (χ1v) is 28.4. The maximum absolute atomic E-state index is 12.8. The van der Waals surface area contributed by atoms with Gasteiger partial charge in [0.1, 0.15) is 13.2 Å². The van der Waals surface area contributed by atoms with Crippen LogP contribution in [0.3, 0.4) is 0 Å². The summed E-state index contributed by atoms with van der Waals surface area (Å²) in [6, 6.07) is 0. The molecule has 374 valence electrons. The van der Waals surface area contributed by atoms with Crippen molar-refractivity contribution in [3.05, 3.63) is 0 Å². The van der Waals surface area contributed by atoms with Gasteiger partial charge in [-0.25, -0.2) is 0 Å². The predicted octanol–water partition coefficient (Wildman–Crippen LogP) is 18.6. The van der Waals surface area contributed by atoms with Crippen LogP contribution in [0.5, 0.6) is 0 Å². The highest BCUT2D eigenvalue weighted by Gasteiger charge is 2.19. The lowest BCUT2D eigenvalue weighted by Crippen LogP contribution is -2.30. The van der Waals surface area contributed by atoms with E-state index in [-0.39, 0.29) is 31.1 Å². The minimum atomic E-state index is -0.761. The Morgan fingerprint density at radius 2 is 0.524 bits per heavy atom. The Kier molecular flexibility index (Phi) is 50.1. The Morgan fingerprint density at radius 3 is 0.778 bits per heavy atom. The predicted molar refractivity (Wildman–Crippen MR) is 270 cm³/mol. The number of esters is 3. The lowest BCUT2D eigenvalue weighted by atomic mass is 10.0. The largest absolute Gasteiger partial charge is 0.462 e. The topological polar surface area (TPSA) is 78.9 Å². The number of hydrogen-bond acceptors (Lipinski definition) is 6. The van der Waals surface area contributed by atoms with Gasteiger partial charge in [-0.2, -0.15) is 0 Å². The Balaban J connectivity index is 4.26. The molecule has 0 amide bonds. The first-order chi connectivity index (χ1) is 30.9. The SMILES string of the molecule is CCCCCCCCCCCCCCCCCCCC(=O)O[C@@H](COC(=O)CCCCCCCCCCCCC)COC(=O)CCCCCCCCCCCCCCCCC(C)C. The number of unbranched alkanes of at least 4 members (excludes halogenated alkanes) is 39. The molecule has 0 aromatic carbocycles. The monoisotopic (exact) mass is 891 g/mol. The van der Waals surface area contributed by atoms with Gasteiger partial charge in [0, 0.05) is 19.3 Å². The molecule has 6 heteroatoms. The quantitative estimate of drug-likeness (QED) is 0.0344. The third-order valence-corrected chi connectivity index (χ3v) is 13.0. The van der Waals surface area contributed by atoms with Gasteiger partial charge < -0.3 is 14.2 Å². The van der Waals surface area contributed by atoms with Crippen LogP contribution in [0.1, 0.15) is 323 Å². The highest BCUT2D eigenvalue weighted by molar-refractivity contribution is 5.71. The Morgan fingerprint density at radius 1 is 0.302 bits per heavy atom. The normalized spacial score (nSPS) is 12.0. The molecule has 0 fully saturated rings. The van der Waals surface area contributed by atoms with Crippen molar-refractivity contribution < 1.29 is 28.6 Å². The summed E-state index contributed by atoms with van der Waals surface area (Å²) in [5, 5.41) is 0. The van der Waals surface area contributed by atoms with Gasteiger partial charge in [0.25, 0.3) is 0 Å². The van der Waals surface area contributed by atoms with E-state index in [2.05, 4.69) is 27.7 Å². The van der Waals surface area contributed by atoms with E-state index < -0.39 is 6.10 Å². The number of rotatable bonds is 52. The second kappa shape index (κ2) is 51.4. The molecule has 0 heterocycles. The average molecular weight is 892 g/mol. The van der Waals surface area contributed by atoms with Gasteiger partial charge in [-0.05, 0) is 25.2 Å². The molecule has 0 spiro atoms. The molecule has 1 atom stereocenters. The lowest BCUT2D eigenvalue weighted by Gasteiger charge is -2.18. The first kappa shape index (κ1) is 61.4. The summed E-state index contributed by atoms with van der Waals surface area (Å²) in [7, 11) is 0. The summed E-state index contributed by atoms with van der Waals surface area (Å²) in [6.07, 6.45) is 55.2. The molecule has 0 aliphatic heterocycles. The zero-order valence-electron chi connectivity index (χ0n) is 43.0. The van der Waals surface area contributed by atoms with Crippen LogP contribution in [-0.2, 0) is 28.6 Å². The molecule has 0 radical (unpaired) electrons. The van der Waals surface area contributed by atoms with Gasteiger partial charge in [-0.1, -0.05) is 285 Å². The van der Waals surface area contributed by atoms with Crippen molar-refractivity contribution in [2.24, 2.45) is 5.92 Å². The molecule has 0 bridgehead atoms. The van der Waals surface area contributed by atoms with Crippen molar-refractivity contribution in [1.29, 1.82) is 0 Å². The molecule has 0 unspecified atom stereocenters. The molecule has 0 aromatic heterocycles. The number of hydrogen-bond donors (Lipinski definition) is 0. The van der Waals surface area contributed by atoms with Gasteiger partial charge in [-0.3, -0.25) is 14.4 Å². The minimum Gasteiger partial charge on any atom is -0.462 e. The summed E-state index contributed by atoms with van der Waals surface area (Å²) >= 11 is 0. The molecular formula is C57H110O6. The summed E-state index contributed by atoms with van der Waals surface area (Å²) < 4.78 is 16.9. The van der Waals surface area contributed by atoms with Crippen molar-refractivity contribution in [3.63, 3.8) is 0 Å². The van der Waals surface area contributed by atoms with E-state index in [9.17, 15) is 14.4 Å². The third kappa shape index (κ3) is 51.3. The van der Waals surface area contributed by atoms with E-state index in [4.69, 9.17) is 14.2 Å². The first-order valence-electron chi connectivity index (χ1n) is 28.4. The smallest absolute Gasteiger partial charge is 0.306 e. The molecule has 0 rings (SSSR count). The Labute approximate surface area is 393 Å². The van der Waals surface area contributed by atoms with Crippen molar-refractivity contribution in [2.45, 2.75) is 329 Å². The Hall–Kier alpha value is -1.59. The fraction of sp³-hybridized carbons (Fsp3) is 0.947. The van der Waals surface area contributed by atoms with E-state index in [1.54, 1.807) is 0 Å².